The molecule has 7 nitrogen and oxygen atoms in total. The lowest BCUT2D eigenvalue weighted by molar-refractivity contribution is -0.276. The van der Waals surface area contributed by atoms with Crippen LogP contribution in [0.4, 0.5) is 4.39 Å². The molecule has 8 heteroatoms. The molecule has 0 amide bonds. The quantitative estimate of drug-likeness (QED) is 0.552. The highest BCUT2D eigenvalue weighted by molar-refractivity contribution is 5.68. The number of carbonyl (C=O) groups is 3. The third kappa shape index (κ3) is 4.16. The molecule has 0 saturated carbocycles. The largest absolute Gasteiger partial charge is 0.456 e. The van der Waals surface area contributed by atoms with Crippen LogP contribution in [0.2, 0.25) is 0 Å². The summed E-state index contributed by atoms with van der Waals surface area (Å²) < 4.78 is 33.8. The second kappa shape index (κ2) is 6.65. The lowest BCUT2D eigenvalue weighted by Gasteiger charge is -2.40. The van der Waals surface area contributed by atoms with Crippen molar-refractivity contribution in [1.29, 1.82) is 0 Å². The van der Waals surface area contributed by atoms with Crippen molar-refractivity contribution in [2.24, 2.45) is 0 Å². The average Bonchev–Trinajstić information content (AvgIpc) is 2.28. The number of ether oxygens (including phenoxy) is 4. The molecular weight excluding hydrogens is 275 g/mol. The zero-order chi connectivity index (χ0) is 15.4. The standard InChI is InChI=1S/C12H17FO7/c1-5-10(18-6(2)14)11(19-7(3)15)9(13)12(17-5)20-8(4)16/h5,9-12H,1-4H3/t5-,9+,10-,11-,12?/m0/s1. The molecule has 0 aromatic heterocycles. The Morgan fingerprint density at radius 1 is 0.900 bits per heavy atom. The first-order valence-electron chi connectivity index (χ1n) is 6.03. The number of hydrogen-bond donors (Lipinski definition) is 0. The van der Waals surface area contributed by atoms with Gasteiger partial charge in [-0.25, -0.2) is 4.39 Å². The molecule has 0 N–H and O–H groups in total. The van der Waals surface area contributed by atoms with Gasteiger partial charge in [0.25, 0.3) is 0 Å². The number of hydrogen-bond acceptors (Lipinski definition) is 7. The fourth-order valence-electron chi connectivity index (χ4n) is 1.90. The minimum atomic E-state index is -1.96. The van der Waals surface area contributed by atoms with Crippen molar-refractivity contribution in [2.45, 2.75) is 58.5 Å². The van der Waals surface area contributed by atoms with Gasteiger partial charge in [-0.3, -0.25) is 14.4 Å². The molecule has 0 aliphatic carbocycles. The lowest BCUT2D eigenvalue weighted by Crippen LogP contribution is -2.58. The van der Waals surface area contributed by atoms with Crippen LogP contribution in [0.5, 0.6) is 0 Å². The van der Waals surface area contributed by atoms with Crippen molar-refractivity contribution in [3.63, 3.8) is 0 Å². The maximum absolute atomic E-state index is 14.2. The molecule has 1 aliphatic heterocycles. The summed E-state index contributed by atoms with van der Waals surface area (Å²) in [5.74, 6) is -2.15. The van der Waals surface area contributed by atoms with Crippen LogP contribution in [0, 0.1) is 0 Å². The van der Waals surface area contributed by atoms with Gasteiger partial charge in [0.05, 0.1) is 6.10 Å². The second-order valence-corrected chi connectivity index (χ2v) is 4.41. The van der Waals surface area contributed by atoms with E-state index >= 15 is 0 Å². The Bertz CT molecular complexity index is 397. The summed E-state index contributed by atoms with van der Waals surface area (Å²) in [6.45, 7) is 4.83. The Balaban J connectivity index is 2.93. The molecular formula is C12H17FO7. The summed E-state index contributed by atoms with van der Waals surface area (Å²) in [4.78, 5) is 33.0. The van der Waals surface area contributed by atoms with Gasteiger partial charge in [0, 0.05) is 20.8 Å². The third-order valence-electron chi connectivity index (χ3n) is 2.60. The van der Waals surface area contributed by atoms with Gasteiger partial charge in [0.15, 0.2) is 12.2 Å². The molecule has 1 unspecified atom stereocenters. The van der Waals surface area contributed by atoms with Crippen LogP contribution in [0.25, 0.3) is 0 Å². The van der Waals surface area contributed by atoms with E-state index in [0.29, 0.717) is 0 Å². The number of halogens is 1. The van der Waals surface area contributed by atoms with E-state index in [0.717, 1.165) is 20.8 Å². The number of carbonyl (C=O) groups excluding carboxylic acids is 3. The van der Waals surface area contributed by atoms with Crippen LogP contribution in [-0.2, 0) is 33.3 Å². The van der Waals surface area contributed by atoms with Gasteiger partial charge in [0.1, 0.15) is 0 Å². The Morgan fingerprint density at radius 2 is 1.35 bits per heavy atom. The summed E-state index contributed by atoms with van der Waals surface area (Å²) in [5, 5.41) is 0. The van der Waals surface area contributed by atoms with E-state index in [1.807, 2.05) is 0 Å². The first-order valence-corrected chi connectivity index (χ1v) is 6.03. The van der Waals surface area contributed by atoms with Crippen molar-refractivity contribution in [3.8, 4) is 0 Å². The number of rotatable bonds is 3. The molecule has 1 rings (SSSR count). The first kappa shape index (κ1) is 16.4. The molecule has 0 aromatic rings. The Morgan fingerprint density at radius 3 is 1.80 bits per heavy atom. The molecule has 1 aliphatic rings. The highest BCUT2D eigenvalue weighted by atomic mass is 19.1. The van der Waals surface area contributed by atoms with Crippen molar-refractivity contribution in [1.82, 2.24) is 0 Å². The molecule has 1 heterocycles. The molecule has 0 spiro atoms. The Hall–Kier alpha value is -1.70. The van der Waals surface area contributed by atoms with Crippen molar-refractivity contribution < 1.29 is 37.7 Å². The van der Waals surface area contributed by atoms with Crippen LogP contribution in [0.15, 0.2) is 0 Å². The van der Waals surface area contributed by atoms with Gasteiger partial charge in [-0.15, -0.1) is 0 Å². The molecule has 5 atom stereocenters. The maximum atomic E-state index is 14.2. The fraction of sp³-hybridized carbons (Fsp3) is 0.750. The minimum absolute atomic E-state index is 0.666. The molecule has 0 bridgehead atoms. The number of alkyl halides is 1. The van der Waals surface area contributed by atoms with Gasteiger partial charge >= 0.3 is 17.9 Å². The topological polar surface area (TPSA) is 88.1 Å². The van der Waals surface area contributed by atoms with E-state index < -0.39 is 48.7 Å². The zero-order valence-corrected chi connectivity index (χ0v) is 11.6. The van der Waals surface area contributed by atoms with Gasteiger partial charge in [-0.2, -0.15) is 0 Å². The van der Waals surface area contributed by atoms with Gasteiger partial charge in [0.2, 0.25) is 12.5 Å². The van der Waals surface area contributed by atoms with E-state index in [9.17, 15) is 18.8 Å². The monoisotopic (exact) mass is 292 g/mol. The normalized spacial score (nSPS) is 33.1. The van der Waals surface area contributed by atoms with E-state index in [2.05, 4.69) is 4.74 Å². The summed E-state index contributed by atoms with van der Waals surface area (Å²) in [5.41, 5.74) is 0. The van der Waals surface area contributed by atoms with Crippen LogP contribution < -0.4 is 0 Å². The van der Waals surface area contributed by atoms with Gasteiger partial charge < -0.3 is 18.9 Å². The van der Waals surface area contributed by atoms with Gasteiger partial charge in [-0.1, -0.05) is 0 Å². The van der Waals surface area contributed by atoms with E-state index in [1.54, 1.807) is 0 Å². The lowest BCUT2D eigenvalue weighted by atomic mass is 10.00. The first-order chi connectivity index (χ1) is 9.22. The van der Waals surface area contributed by atoms with Crippen molar-refractivity contribution in [3.05, 3.63) is 0 Å². The molecule has 114 valence electrons. The van der Waals surface area contributed by atoms with E-state index in [4.69, 9.17) is 14.2 Å². The van der Waals surface area contributed by atoms with Crippen molar-refractivity contribution in [2.75, 3.05) is 0 Å². The highest BCUT2D eigenvalue weighted by Crippen LogP contribution is 2.29. The second-order valence-electron chi connectivity index (χ2n) is 4.41. The fourth-order valence-corrected chi connectivity index (χ4v) is 1.90. The van der Waals surface area contributed by atoms with Crippen LogP contribution in [-0.4, -0.2) is 48.7 Å². The summed E-state index contributed by atoms with van der Waals surface area (Å²) in [7, 11) is 0. The zero-order valence-electron chi connectivity index (χ0n) is 11.6. The average molecular weight is 292 g/mol. The predicted molar refractivity (Wildman–Crippen MR) is 62.1 cm³/mol. The Labute approximate surface area is 115 Å². The van der Waals surface area contributed by atoms with E-state index in [1.165, 1.54) is 6.92 Å². The summed E-state index contributed by atoms with van der Waals surface area (Å²) in [6, 6.07) is 0. The van der Waals surface area contributed by atoms with Crippen LogP contribution in [0.1, 0.15) is 27.7 Å². The van der Waals surface area contributed by atoms with Crippen molar-refractivity contribution >= 4 is 17.9 Å². The van der Waals surface area contributed by atoms with Gasteiger partial charge in [-0.05, 0) is 6.92 Å². The summed E-state index contributed by atoms with van der Waals surface area (Å²) >= 11 is 0. The minimum Gasteiger partial charge on any atom is -0.456 e. The maximum Gasteiger partial charge on any atom is 0.305 e. The van der Waals surface area contributed by atoms with Crippen LogP contribution in [0.3, 0.4) is 0 Å². The number of esters is 3. The molecule has 1 fully saturated rings. The third-order valence-corrected chi connectivity index (χ3v) is 2.60. The SMILES string of the molecule is CC(=O)OC1O[C@@H](C)[C@H](OC(C)=O)[C@@H](OC(C)=O)[C@H]1F. The highest BCUT2D eigenvalue weighted by Gasteiger charge is 2.50. The smallest absolute Gasteiger partial charge is 0.305 e. The van der Waals surface area contributed by atoms with Crippen LogP contribution >= 0.6 is 0 Å². The molecule has 1 saturated heterocycles. The summed E-state index contributed by atoms with van der Waals surface area (Å²) in [6.07, 6.45) is -6.79. The molecule has 0 radical (unpaired) electrons. The predicted octanol–water partition coefficient (Wildman–Crippen LogP) is 0.496. The Kier molecular flexibility index (Phi) is 5.43. The molecule has 0 aromatic carbocycles. The molecule has 20 heavy (non-hydrogen) atoms. The van der Waals surface area contributed by atoms with E-state index in [-0.39, 0.29) is 0 Å².